The number of hydrogen-bond acceptors (Lipinski definition) is 1. The quantitative estimate of drug-likeness (QED) is 0.647. The number of allylic oxidation sites excluding steroid dienone is 4. The first-order valence-corrected chi connectivity index (χ1v) is 8.37. The van der Waals surface area contributed by atoms with Crippen molar-refractivity contribution in [1.29, 1.82) is 0 Å². The molecule has 0 fully saturated rings. The second-order valence-electron chi connectivity index (χ2n) is 5.54. The van der Waals surface area contributed by atoms with Gasteiger partial charge in [-0.15, -0.1) is 0 Å². The van der Waals surface area contributed by atoms with Gasteiger partial charge in [-0.05, 0) is 64.5 Å². The summed E-state index contributed by atoms with van der Waals surface area (Å²) in [6, 6.07) is 14.6. The van der Waals surface area contributed by atoms with Crippen LogP contribution in [0.1, 0.15) is 29.5 Å². The van der Waals surface area contributed by atoms with E-state index in [0.29, 0.717) is 6.61 Å². The topological polar surface area (TPSA) is 9.23 Å². The highest BCUT2D eigenvalue weighted by molar-refractivity contribution is 9.10. The Morgan fingerprint density at radius 1 is 1.09 bits per heavy atom. The average molecular weight is 355 g/mol. The molecule has 22 heavy (non-hydrogen) atoms. The summed E-state index contributed by atoms with van der Waals surface area (Å²) >= 11 is 3.66. The molecule has 1 aliphatic carbocycles. The average Bonchev–Trinajstić information content (AvgIpc) is 2.55. The Bertz CT molecular complexity index is 714. The third-order valence-corrected chi connectivity index (χ3v) is 4.31. The molecule has 0 spiro atoms. The van der Waals surface area contributed by atoms with Gasteiger partial charge in [-0.1, -0.05) is 48.6 Å². The number of halogens is 1. The molecule has 0 aliphatic heterocycles. The molecule has 1 aliphatic rings. The molecule has 0 radical (unpaired) electrons. The first kappa shape index (κ1) is 15.1. The summed E-state index contributed by atoms with van der Waals surface area (Å²) in [5.74, 6) is 0.923. The lowest BCUT2D eigenvalue weighted by atomic mass is 9.97. The van der Waals surface area contributed by atoms with Gasteiger partial charge in [-0.3, -0.25) is 0 Å². The van der Waals surface area contributed by atoms with Crippen molar-refractivity contribution in [2.45, 2.75) is 26.4 Å². The van der Waals surface area contributed by atoms with E-state index in [4.69, 9.17) is 4.74 Å². The van der Waals surface area contributed by atoms with Crippen LogP contribution in [0.2, 0.25) is 0 Å². The standard InChI is InChI=1S/C20H19BrO/c1-15-12-18(17-10-6-3-7-11-17)20(19(21)13-15)22-14-16-8-4-2-5-9-16/h2,4-6,8-13H,3,7,14H2,1H3. The summed E-state index contributed by atoms with van der Waals surface area (Å²) in [6.07, 6.45) is 8.93. The number of ether oxygens (including phenoxy) is 1. The van der Waals surface area contributed by atoms with Crippen LogP contribution >= 0.6 is 15.9 Å². The Balaban J connectivity index is 1.92. The number of hydrogen-bond donors (Lipinski definition) is 0. The zero-order chi connectivity index (χ0) is 15.4. The molecule has 2 aromatic carbocycles. The number of aryl methyl sites for hydroxylation is 1. The fourth-order valence-electron chi connectivity index (χ4n) is 2.63. The summed E-state index contributed by atoms with van der Waals surface area (Å²) in [6.45, 7) is 2.69. The lowest BCUT2D eigenvalue weighted by molar-refractivity contribution is 0.303. The summed E-state index contributed by atoms with van der Waals surface area (Å²) in [4.78, 5) is 0. The van der Waals surface area contributed by atoms with Crippen molar-refractivity contribution >= 4 is 21.5 Å². The van der Waals surface area contributed by atoms with Crippen molar-refractivity contribution in [1.82, 2.24) is 0 Å². The van der Waals surface area contributed by atoms with Crippen LogP contribution in [0.5, 0.6) is 5.75 Å². The lowest BCUT2D eigenvalue weighted by Crippen LogP contribution is -2.00. The minimum Gasteiger partial charge on any atom is -0.487 e. The van der Waals surface area contributed by atoms with Gasteiger partial charge >= 0.3 is 0 Å². The molecule has 112 valence electrons. The van der Waals surface area contributed by atoms with Crippen LogP contribution in [-0.2, 0) is 6.61 Å². The smallest absolute Gasteiger partial charge is 0.141 e. The van der Waals surface area contributed by atoms with Gasteiger partial charge in [0.15, 0.2) is 0 Å². The molecule has 2 aromatic rings. The molecule has 0 heterocycles. The van der Waals surface area contributed by atoms with E-state index in [1.165, 1.54) is 22.3 Å². The van der Waals surface area contributed by atoms with Crippen molar-refractivity contribution in [3.63, 3.8) is 0 Å². The Morgan fingerprint density at radius 3 is 2.64 bits per heavy atom. The SMILES string of the molecule is Cc1cc(Br)c(OCc2ccccc2)c(C2=CCCC=C2)c1. The van der Waals surface area contributed by atoms with Crippen LogP contribution in [-0.4, -0.2) is 0 Å². The van der Waals surface area contributed by atoms with Gasteiger partial charge in [0.1, 0.15) is 12.4 Å². The molecule has 0 unspecified atom stereocenters. The molecule has 0 atom stereocenters. The summed E-state index contributed by atoms with van der Waals surface area (Å²) in [5.41, 5.74) is 4.82. The van der Waals surface area contributed by atoms with E-state index in [2.05, 4.69) is 65.3 Å². The highest BCUT2D eigenvalue weighted by atomic mass is 79.9. The van der Waals surface area contributed by atoms with Gasteiger partial charge in [0, 0.05) is 5.56 Å². The Kier molecular flexibility index (Phi) is 4.79. The fraction of sp³-hybridized carbons (Fsp3) is 0.200. The maximum absolute atomic E-state index is 6.14. The van der Waals surface area contributed by atoms with Crippen LogP contribution < -0.4 is 4.74 Å². The van der Waals surface area contributed by atoms with E-state index in [1.54, 1.807) is 0 Å². The van der Waals surface area contributed by atoms with Crippen LogP contribution in [0, 0.1) is 6.92 Å². The molecule has 2 heteroatoms. The normalized spacial score (nSPS) is 13.8. The maximum atomic E-state index is 6.14. The predicted molar refractivity (Wildman–Crippen MR) is 96.0 cm³/mol. The minimum absolute atomic E-state index is 0.576. The van der Waals surface area contributed by atoms with Crippen LogP contribution in [0.4, 0.5) is 0 Å². The summed E-state index contributed by atoms with van der Waals surface area (Å²) < 4.78 is 7.15. The molecule has 3 rings (SSSR count). The highest BCUT2D eigenvalue weighted by Crippen LogP contribution is 2.37. The Labute approximate surface area is 140 Å². The van der Waals surface area contributed by atoms with Gasteiger partial charge in [-0.2, -0.15) is 0 Å². The largest absolute Gasteiger partial charge is 0.487 e. The maximum Gasteiger partial charge on any atom is 0.141 e. The second kappa shape index (κ2) is 6.97. The molecule has 0 aromatic heterocycles. The zero-order valence-corrected chi connectivity index (χ0v) is 14.3. The first-order valence-electron chi connectivity index (χ1n) is 7.58. The van der Waals surface area contributed by atoms with E-state index in [1.807, 2.05) is 18.2 Å². The second-order valence-corrected chi connectivity index (χ2v) is 6.39. The van der Waals surface area contributed by atoms with E-state index in [9.17, 15) is 0 Å². The molecule has 0 saturated heterocycles. The van der Waals surface area contributed by atoms with Crippen molar-refractivity contribution in [2.24, 2.45) is 0 Å². The zero-order valence-electron chi connectivity index (χ0n) is 12.7. The van der Waals surface area contributed by atoms with Crippen molar-refractivity contribution in [3.8, 4) is 5.75 Å². The number of rotatable bonds is 4. The third-order valence-electron chi connectivity index (χ3n) is 3.72. The summed E-state index contributed by atoms with van der Waals surface area (Å²) in [5, 5.41) is 0. The third kappa shape index (κ3) is 3.50. The Morgan fingerprint density at radius 2 is 1.91 bits per heavy atom. The molecule has 0 N–H and O–H groups in total. The van der Waals surface area contributed by atoms with Gasteiger partial charge in [0.25, 0.3) is 0 Å². The molecule has 0 saturated carbocycles. The van der Waals surface area contributed by atoms with Crippen LogP contribution in [0.15, 0.2) is 65.2 Å². The molecule has 1 nitrogen and oxygen atoms in total. The Hall–Kier alpha value is -1.80. The van der Waals surface area contributed by atoms with Crippen LogP contribution in [0.25, 0.3) is 5.57 Å². The van der Waals surface area contributed by atoms with E-state index in [0.717, 1.165) is 23.1 Å². The lowest BCUT2D eigenvalue weighted by Gasteiger charge is -2.17. The van der Waals surface area contributed by atoms with Gasteiger partial charge in [0.2, 0.25) is 0 Å². The number of benzene rings is 2. The van der Waals surface area contributed by atoms with E-state index >= 15 is 0 Å². The van der Waals surface area contributed by atoms with Gasteiger partial charge in [0.05, 0.1) is 4.47 Å². The minimum atomic E-state index is 0.576. The highest BCUT2D eigenvalue weighted by Gasteiger charge is 2.13. The fourth-order valence-corrected chi connectivity index (χ4v) is 3.32. The van der Waals surface area contributed by atoms with Crippen molar-refractivity contribution in [3.05, 3.63) is 81.9 Å². The van der Waals surface area contributed by atoms with E-state index < -0.39 is 0 Å². The molecule has 0 amide bonds. The molecular weight excluding hydrogens is 336 g/mol. The van der Waals surface area contributed by atoms with Crippen molar-refractivity contribution < 1.29 is 4.74 Å². The predicted octanol–water partition coefficient (Wildman–Crippen LogP) is 6.07. The van der Waals surface area contributed by atoms with E-state index in [-0.39, 0.29) is 0 Å². The van der Waals surface area contributed by atoms with Gasteiger partial charge in [-0.25, -0.2) is 0 Å². The molecule has 0 bridgehead atoms. The molecular formula is C20H19BrO. The van der Waals surface area contributed by atoms with Crippen molar-refractivity contribution in [2.75, 3.05) is 0 Å². The first-order chi connectivity index (χ1) is 10.7. The van der Waals surface area contributed by atoms with Gasteiger partial charge < -0.3 is 4.74 Å². The monoisotopic (exact) mass is 354 g/mol. The van der Waals surface area contributed by atoms with Crippen LogP contribution in [0.3, 0.4) is 0 Å². The summed E-state index contributed by atoms with van der Waals surface area (Å²) in [7, 11) is 0.